The fraction of sp³-hybridized carbons (Fsp3) is 0.533. The monoisotopic (exact) mass is 328 g/mol. The van der Waals surface area contributed by atoms with Crippen LogP contribution in [0.4, 0.5) is 0 Å². The molecule has 124 valence electrons. The van der Waals surface area contributed by atoms with Crippen molar-refractivity contribution in [2.45, 2.75) is 31.7 Å². The van der Waals surface area contributed by atoms with Gasteiger partial charge >= 0.3 is 0 Å². The molecule has 0 unspecified atom stereocenters. The first-order valence-corrected chi connectivity index (χ1v) is 8.70. The van der Waals surface area contributed by atoms with Crippen LogP contribution in [0.15, 0.2) is 29.2 Å². The van der Waals surface area contributed by atoms with E-state index in [0.717, 1.165) is 0 Å². The van der Waals surface area contributed by atoms with Crippen molar-refractivity contribution in [2.75, 3.05) is 26.8 Å². The molecule has 0 heterocycles. The third kappa shape index (κ3) is 4.53. The number of hydrogen-bond acceptors (Lipinski definition) is 4. The van der Waals surface area contributed by atoms with E-state index in [9.17, 15) is 13.2 Å². The zero-order chi connectivity index (χ0) is 16.8. The second-order valence-corrected chi connectivity index (χ2v) is 6.88. The second-order valence-electron chi connectivity index (χ2n) is 4.94. The fourth-order valence-electron chi connectivity index (χ4n) is 2.09. The Bertz CT molecular complexity index is 580. The van der Waals surface area contributed by atoms with E-state index in [4.69, 9.17) is 4.74 Å². The molecule has 0 aromatic heterocycles. The first kappa shape index (κ1) is 18.6. The van der Waals surface area contributed by atoms with Crippen LogP contribution in [0.1, 0.15) is 31.1 Å². The molecule has 0 saturated heterocycles. The number of benzene rings is 1. The fourth-order valence-corrected chi connectivity index (χ4v) is 3.55. The zero-order valence-corrected chi connectivity index (χ0v) is 14.3. The van der Waals surface area contributed by atoms with Gasteiger partial charge in [-0.05, 0) is 31.2 Å². The van der Waals surface area contributed by atoms with Gasteiger partial charge in [0.2, 0.25) is 10.0 Å². The standard InChI is InChI=1S/C15H24N2O4S/c1-5-17(6-2)22(19,20)14-9-7-13(8-10-14)15(18)16-12(3)11-21-4/h7-10,12H,5-6,11H2,1-4H3,(H,16,18)/t12-/m1/s1. The Morgan fingerprint density at radius 3 is 2.23 bits per heavy atom. The number of methoxy groups -OCH3 is 1. The summed E-state index contributed by atoms with van der Waals surface area (Å²) in [5.41, 5.74) is 0.418. The van der Waals surface area contributed by atoms with Gasteiger partial charge in [-0.3, -0.25) is 4.79 Å². The summed E-state index contributed by atoms with van der Waals surface area (Å²) in [6.45, 7) is 6.66. The van der Waals surface area contributed by atoms with E-state index >= 15 is 0 Å². The van der Waals surface area contributed by atoms with Crippen LogP contribution in [0.5, 0.6) is 0 Å². The highest BCUT2D eigenvalue weighted by atomic mass is 32.2. The van der Waals surface area contributed by atoms with Crippen molar-refractivity contribution in [1.82, 2.24) is 9.62 Å². The summed E-state index contributed by atoms with van der Waals surface area (Å²) in [4.78, 5) is 12.2. The van der Waals surface area contributed by atoms with E-state index in [2.05, 4.69) is 5.32 Å². The number of hydrogen-bond donors (Lipinski definition) is 1. The number of ether oxygens (including phenoxy) is 1. The minimum absolute atomic E-state index is 0.114. The smallest absolute Gasteiger partial charge is 0.251 e. The number of carbonyl (C=O) groups is 1. The van der Waals surface area contributed by atoms with Crippen LogP contribution in [-0.2, 0) is 14.8 Å². The van der Waals surface area contributed by atoms with Crippen LogP contribution >= 0.6 is 0 Å². The lowest BCUT2D eigenvalue weighted by Gasteiger charge is -2.18. The maximum Gasteiger partial charge on any atom is 0.251 e. The highest BCUT2D eigenvalue weighted by Crippen LogP contribution is 2.16. The molecule has 1 atom stereocenters. The Kier molecular flexibility index (Phi) is 6.99. The maximum absolute atomic E-state index is 12.3. The van der Waals surface area contributed by atoms with E-state index in [-0.39, 0.29) is 16.8 Å². The number of nitrogens with zero attached hydrogens (tertiary/aromatic N) is 1. The Balaban J connectivity index is 2.89. The van der Waals surface area contributed by atoms with Crippen molar-refractivity contribution in [3.8, 4) is 0 Å². The Morgan fingerprint density at radius 2 is 1.77 bits per heavy atom. The lowest BCUT2D eigenvalue weighted by molar-refractivity contribution is 0.0905. The number of carbonyl (C=O) groups excluding carboxylic acids is 1. The topological polar surface area (TPSA) is 75.7 Å². The molecule has 1 aromatic rings. The molecule has 1 aromatic carbocycles. The quantitative estimate of drug-likeness (QED) is 0.784. The minimum atomic E-state index is -3.49. The lowest BCUT2D eigenvalue weighted by atomic mass is 10.2. The van der Waals surface area contributed by atoms with E-state index in [0.29, 0.717) is 25.3 Å². The summed E-state index contributed by atoms with van der Waals surface area (Å²) in [6, 6.07) is 5.85. The first-order chi connectivity index (χ1) is 10.4. The highest BCUT2D eigenvalue weighted by molar-refractivity contribution is 7.89. The molecule has 0 aliphatic carbocycles. The third-order valence-corrected chi connectivity index (χ3v) is 5.32. The van der Waals surface area contributed by atoms with Crippen molar-refractivity contribution < 1.29 is 17.9 Å². The van der Waals surface area contributed by atoms with Gasteiger partial charge in [-0.1, -0.05) is 13.8 Å². The minimum Gasteiger partial charge on any atom is -0.383 e. The Morgan fingerprint density at radius 1 is 1.23 bits per heavy atom. The summed E-state index contributed by atoms with van der Waals surface area (Å²) < 4.78 is 31.0. The Hall–Kier alpha value is -1.44. The normalized spacial score (nSPS) is 13.1. The predicted molar refractivity (Wildman–Crippen MR) is 85.4 cm³/mol. The third-order valence-electron chi connectivity index (χ3n) is 3.25. The van der Waals surface area contributed by atoms with E-state index in [1.807, 2.05) is 6.92 Å². The number of amides is 1. The molecule has 0 radical (unpaired) electrons. The van der Waals surface area contributed by atoms with Gasteiger partial charge < -0.3 is 10.1 Å². The molecule has 1 N–H and O–H groups in total. The number of rotatable bonds is 8. The number of sulfonamides is 1. The van der Waals surface area contributed by atoms with E-state index in [1.165, 1.54) is 28.6 Å². The van der Waals surface area contributed by atoms with Gasteiger partial charge in [0, 0.05) is 31.8 Å². The maximum atomic E-state index is 12.3. The van der Waals surface area contributed by atoms with Crippen LogP contribution in [0.25, 0.3) is 0 Å². The molecule has 22 heavy (non-hydrogen) atoms. The van der Waals surface area contributed by atoms with Crippen LogP contribution in [0.2, 0.25) is 0 Å². The molecule has 1 amide bonds. The summed E-state index contributed by atoms with van der Waals surface area (Å²) in [6.07, 6.45) is 0. The molecule has 0 aliphatic heterocycles. The average molecular weight is 328 g/mol. The largest absolute Gasteiger partial charge is 0.383 e. The van der Waals surface area contributed by atoms with Crippen molar-refractivity contribution in [1.29, 1.82) is 0 Å². The molecule has 6 nitrogen and oxygen atoms in total. The molecule has 7 heteroatoms. The predicted octanol–water partition coefficient (Wildman–Crippen LogP) is 1.48. The van der Waals surface area contributed by atoms with Crippen molar-refractivity contribution in [3.63, 3.8) is 0 Å². The molecular weight excluding hydrogens is 304 g/mol. The van der Waals surface area contributed by atoms with E-state index in [1.54, 1.807) is 21.0 Å². The highest BCUT2D eigenvalue weighted by Gasteiger charge is 2.21. The van der Waals surface area contributed by atoms with Gasteiger partial charge in [-0.25, -0.2) is 8.42 Å². The summed E-state index contributed by atoms with van der Waals surface area (Å²) in [5, 5.41) is 2.78. The number of nitrogens with one attached hydrogen (secondary N) is 1. The molecule has 0 spiro atoms. The van der Waals surface area contributed by atoms with Gasteiger partial charge in [0.1, 0.15) is 0 Å². The van der Waals surface area contributed by atoms with Gasteiger partial charge in [0.05, 0.1) is 11.5 Å². The van der Waals surface area contributed by atoms with Crippen LogP contribution < -0.4 is 5.32 Å². The first-order valence-electron chi connectivity index (χ1n) is 7.26. The molecule has 0 bridgehead atoms. The van der Waals surface area contributed by atoms with Crippen molar-refractivity contribution >= 4 is 15.9 Å². The SMILES string of the molecule is CCN(CC)S(=O)(=O)c1ccc(C(=O)N[C@H](C)COC)cc1. The van der Waals surface area contributed by atoms with Gasteiger partial charge in [-0.2, -0.15) is 4.31 Å². The van der Waals surface area contributed by atoms with Crippen LogP contribution in [0.3, 0.4) is 0 Å². The summed E-state index contributed by atoms with van der Waals surface area (Å²) in [5.74, 6) is -0.253. The van der Waals surface area contributed by atoms with E-state index < -0.39 is 10.0 Å². The summed E-state index contributed by atoms with van der Waals surface area (Å²) >= 11 is 0. The van der Waals surface area contributed by atoms with Crippen molar-refractivity contribution in [3.05, 3.63) is 29.8 Å². The summed E-state index contributed by atoms with van der Waals surface area (Å²) in [7, 11) is -1.93. The molecular formula is C15H24N2O4S. The second kappa shape index (κ2) is 8.26. The van der Waals surface area contributed by atoms with Gasteiger partial charge in [0.25, 0.3) is 5.91 Å². The van der Waals surface area contributed by atoms with Crippen molar-refractivity contribution in [2.24, 2.45) is 0 Å². The lowest BCUT2D eigenvalue weighted by Crippen LogP contribution is -2.35. The van der Waals surface area contributed by atoms with Gasteiger partial charge in [-0.15, -0.1) is 0 Å². The molecule has 0 saturated carbocycles. The zero-order valence-electron chi connectivity index (χ0n) is 13.5. The Labute approximate surface area is 132 Å². The molecule has 1 rings (SSSR count). The van der Waals surface area contributed by atoms with Crippen LogP contribution in [0, 0.1) is 0 Å². The molecule has 0 fully saturated rings. The average Bonchev–Trinajstić information content (AvgIpc) is 2.48. The molecule has 0 aliphatic rings. The van der Waals surface area contributed by atoms with Crippen LogP contribution in [-0.4, -0.2) is 51.5 Å². The van der Waals surface area contributed by atoms with Gasteiger partial charge in [0.15, 0.2) is 0 Å².